The second-order valence-electron chi connectivity index (χ2n) is 5.13. The van der Waals surface area contributed by atoms with Gasteiger partial charge in [-0.1, -0.05) is 25.1 Å². The quantitative estimate of drug-likeness (QED) is 0.835. The van der Waals surface area contributed by atoms with E-state index >= 15 is 0 Å². The number of para-hydroxylation sites is 1. The van der Waals surface area contributed by atoms with Crippen molar-refractivity contribution < 1.29 is 0 Å². The Balaban J connectivity index is 2.10. The molecule has 1 aromatic heterocycles. The predicted octanol–water partition coefficient (Wildman–Crippen LogP) is 2.33. The Bertz CT molecular complexity index is 573. The number of hydrogen-bond acceptors (Lipinski definition) is 3. The summed E-state index contributed by atoms with van der Waals surface area (Å²) in [5.74, 6) is 1.48. The van der Waals surface area contributed by atoms with E-state index in [0.717, 1.165) is 24.5 Å². The summed E-state index contributed by atoms with van der Waals surface area (Å²) < 4.78 is 1.77. The Labute approximate surface area is 107 Å². The number of nitrogens with two attached hydrogens (primary N) is 1. The molecule has 0 saturated carbocycles. The number of anilines is 3. The average molecular weight is 242 g/mol. The summed E-state index contributed by atoms with van der Waals surface area (Å²) in [6, 6.07) is 8.50. The van der Waals surface area contributed by atoms with E-state index in [1.54, 1.807) is 4.68 Å². The summed E-state index contributed by atoms with van der Waals surface area (Å²) in [5.41, 5.74) is 9.40. The van der Waals surface area contributed by atoms with Crippen molar-refractivity contribution in [1.29, 1.82) is 0 Å². The molecule has 0 radical (unpaired) electrons. The maximum Gasteiger partial charge on any atom is 0.178 e. The van der Waals surface area contributed by atoms with E-state index in [-0.39, 0.29) is 0 Å². The lowest BCUT2D eigenvalue weighted by Crippen LogP contribution is -2.31. The molecule has 1 aromatic carbocycles. The van der Waals surface area contributed by atoms with Crippen LogP contribution in [0.15, 0.2) is 30.5 Å². The first-order chi connectivity index (χ1) is 8.65. The van der Waals surface area contributed by atoms with Crippen LogP contribution in [0.2, 0.25) is 0 Å². The minimum Gasteiger partial charge on any atom is -0.394 e. The monoisotopic (exact) mass is 242 g/mol. The van der Waals surface area contributed by atoms with Crippen molar-refractivity contribution in [2.45, 2.75) is 13.3 Å². The van der Waals surface area contributed by atoms with E-state index < -0.39 is 0 Å². The van der Waals surface area contributed by atoms with Gasteiger partial charge in [0.05, 0.1) is 5.69 Å². The van der Waals surface area contributed by atoms with Gasteiger partial charge in [-0.15, -0.1) is 0 Å². The highest BCUT2D eigenvalue weighted by Crippen LogP contribution is 2.36. The summed E-state index contributed by atoms with van der Waals surface area (Å²) in [7, 11) is 1.90. The van der Waals surface area contributed by atoms with Crippen LogP contribution in [0, 0.1) is 5.92 Å². The Morgan fingerprint density at radius 2 is 2.11 bits per heavy atom. The second-order valence-corrected chi connectivity index (χ2v) is 5.13. The fourth-order valence-electron chi connectivity index (χ4n) is 2.70. The van der Waals surface area contributed by atoms with Crippen molar-refractivity contribution in [1.82, 2.24) is 9.78 Å². The highest BCUT2D eigenvalue weighted by molar-refractivity contribution is 5.73. The number of benzene rings is 1. The first-order valence-electron chi connectivity index (χ1n) is 6.29. The second kappa shape index (κ2) is 4.05. The number of fused-ring (bicyclic) bond motifs is 1. The molecule has 1 aliphatic rings. The Morgan fingerprint density at radius 3 is 2.83 bits per heavy atom. The molecule has 1 unspecified atom stereocenters. The number of nitrogen functional groups attached to an aromatic ring is 1. The zero-order valence-electron chi connectivity index (χ0n) is 10.8. The van der Waals surface area contributed by atoms with Crippen LogP contribution < -0.4 is 10.6 Å². The van der Waals surface area contributed by atoms with Crippen LogP contribution >= 0.6 is 0 Å². The van der Waals surface area contributed by atoms with Gasteiger partial charge in [-0.05, 0) is 24.0 Å². The predicted molar refractivity (Wildman–Crippen MR) is 73.9 cm³/mol. The Hall–Kier alpha value is -1.97. The van der Waals surface area contributed by atoms with Gasteiger partial charge in [-0.25, -0.2) is 0 Å². The molecule has 94 valence electrons. The third kappa shape index (κ3) is 1.74. The zero-order chi connectivity index (χ0) is 12.7. The van der Waals surface area contributed by atoms with Gasteiger partial charge in [-0.2, -0.15) is 5.10 Å². The number of aryl methyl sites for hydroxylation is 1. The summed E-state index contributed by atoms with van der Waals surface area (Å²) in [4.78, 5) is 2.23. The molecule has 1 atom stereocenters. The third-order valence-electron chi connectivity index (χ3n) is 3.44. The molecule has 2 N–H and O–H groups in total. The van der Waals surface area contributed by atoms with Gasteiger partial charge in [-0.3, -0.25) is 4.68 Å². The lowest BCUT2D eigenvalue weighted by atomic mass is 9.94. The van der Waals surface area contributed by atoms with Crippen molar-refractivity contribution in [3.8, 4) is 0 Å². The third-order valence-corrected chi connectivity index (χ3v) is 3.44. The lowest BCUT2D eigenvalue weighted by Gasteiger charge is -2.33. The standard InChI is InChI=1S/C14H18N4/c1-10-7-11-5-3-4-6-13(11)18(8-10)14-12(15)9-17(2)16-14/h3-6,9-10H,7-8,15H2,1-2H3. The zero-order valence-corrected chi connectivity index (χ0v) is 10.8. The summed E-state index contributed by atoms with van der Waals surface area (Å²) in [5, 5.41) is 4.48. The summed E-state index contributed by atoms with van der Waals surface area (Å²) in [6.45, 7) is 3.24. The molecule has 0 spiro atoms. The minimum absolute atomic E-state index is 0.612. The van der Waals surface area contributed by atoms with Crippen LogP contribution in [-0.4, -0.2) is 16.3 Å². The fraction of sp³-hybridized carbons (Fsp3) is 0.357. The van der Waals surface area contributed by atoms with Gasteiger partial charge >= 0.3 is 0 Å². The molecule has 0 aliphatic carbocycles. The SMILES string of the molecule is CC1Cc2ccccc2N(c2nn(C)cc2N)C1. The van der Waals surface area contributed by atoms with Gasteiger partial charge in [0.1, 0.15) is 0 Å². The molecule has 0 saturated heterocycles. The van der Waals surface area contributed by atoms with E-state index in [0.29, 0.717) is 5.92 Å². The number of rotatable bonds is 1. The lowest BCUT2D eigenvalue weighted by molar-refractivity contribution is 0.558. The van der Waals surface area contributed by atoms with Gasteiger partial charge in [0, 0.05) is 25.5 Å². The van der Waals surface area contributed by atoms with Crippen LogP contribution in [0.5, 0.6) is 0 Å². The molecule has 2 aromatic rings. The maximum absolute atomic E-state index is 6.05. The van der Waals surface area contributed by atoms with E-state index in [1.165, 1.54) is 11.3 Å². The molecule has 1 aliphatic heterocycles. The first-order valence-corrected chi connectivity index (χ1v) is 6.29. The van der Waals surface area contributed by atoms with Crippen molar-refractivity contribution >= 4 is 17.2 Å². The molecular weight excluding hydrogens is 224 g/mol. The van der Waals surface area contributed by atoms with Crippen LogP contribution in [-0.2, 0) is 13.5 Å². The maximum atomic E-state index is 6.05. The molecule has 4 nitrogen and oxygen atoms in total. The topological polar surface area (TPSA) is 47.1 Å². The Kier molecular flexibility index (Phi) is 2.51. The van der Waals surface area contributed by atoms with E-state index in [4.69, 9.17) is 5.73 Å². The molecule has 2 heterocycles. The minimum atomic E-state index is 0.612. The average Bonchev–Trinajstić information content (AvgIpc) is 2.67. The number of aromatic nitrogens is 2. The first kappa shape index (κ1) is 11.1. The van der Waals surface area contributed by atoms with E-state index in [1.807, 2.05) is 13.2 Å². The van der Waals surface area contributed by atoms with Crippen molar-refractivity contribution in [3.63, 3.8) is 0 Å². The van der Waals surface area contributed by atoms with Crippen LogP contribution in [0.3, 0.4) is 0 Å². The molecule has 3 rings (SSSR count). The van der Waals surface area contributed by atoms with Gasteiger partial charge in [0.25, 0.3) is 0 Å². The normalized spacial score (nSPS) is 18.8. The fourth-order valence-corrected chi connectivity index (χ4v) is 2.70. The van der Waals surface area contributed by atoms with Gasteiger partial charge in [0.15, 0.2) is 5.82 Å². The van der Waals surface area contributed by atoms with Crippen LogP contribution in [0.25, 0.3) is 0 Å². The van der Waals surface area contributed by atoms with Gasteiger partial charge < -0.3 is 10.6 Å². The molecule has 0 fully saturated rings. The highest BCUT2D eigenvalue weighted by atomic mass is 15.3. The summed E-state index contributed by atoms with van der Waals surface area (Å²) in [6.07, 6.45) is 2.98. The van der Waals surface area contributed by atoms with Crippen LogP contribution in [0.1, 0.15) is 12.5 Å². The summed E-state index contributed by atoms with van der Waals surface area (Å²) >= 11 is 0. The molecule has 4 heteroatoms. The number of hydrogen-bond donors (Lipinski definition) is 1. The molecule has 0 amide bonds. The highest BCUT2D eigenvalue weighted by Gasteiger charge is 2.25. The number of nitrogens with zero attached hydrogens (tertiary/aromatic N) is 3. The van der Waals surface area contributed by atoms with Crippen LogP contribution in [0.4, 0.5) is 17.2 Å². The van der Waals surface area contributed by atoms with E-state index in [9.17, 15) is 0 Å². The Morgan fingerprint density at radius 1 is 1.33 bits per heavy atom. The van der Waals surface area contributed by atoms with E-state index in [2.05, 4.69) is 41.2 Å². The molecule has 0 bridgehead atoms. The molecular formula is C14H18N4. The largest absolute Gasteiger partial charge is 0.394 e. The van der Waals surface area contributed by atoms with Gasteiger partial charge in [0.2, 0.25) is 0 Å². The van der Waals surface area contributed by atoms with Crippen molar-refractivity contribution in [3.05, 3.63) is 36.0 Å². The smallest absolute Gasteiger partial charge is 0.178 e. The molecule has 18 heavy (non-hydrogen) atoms. The van der Waals surface area contributed by atoms with Crippen molar-refractivity contribution in [2.24, 2.45) is 13.0 Å². The van der Waals surface area contributed by atoms with Crippen molar-refractivity contribution in [2.75, 3.05) is 17.2 Å².